The molecule has 116 valence electrons. The maximum absolute atomic E-state index is 11.9. The van der Waals surface area contributed by atoms with E-state index < -0.39 is 0 Å². The maximum Gasteiger partial charge on any atom is 0.260 e. The molecule has 1 saturated carbocycles. The molecule has 0 aliphatic heterocycles. The highest BCUT2D eigenvalue weighted by molar-refractivity contribution is 5.78. The minimum atomic E-state index is 0.0518. The lowest BCUT2D eigenvalue weighted by molar-refractivity contribution is -0.132. The summed E-state index contributed by atoms with van der Waals surface area (Å²) in [5.41, 5.74) is 1.31. The van der Waals surface area contributed by atoms with Gasteiger partial charge in [-0.05, 0) is 51.3 Å². The first-order valence-corrected chi connectivity index (χ1v) is 7.57. The molecule has 0 bridgehead atoms. The standard InChI is InChI=1S/C17H26N2O2/c1-17(2,3)18-11-13-5-9-15(10-6-13)21-12-16(20)19(4)14-7-8-14/h5-6,9-10,14,18H,7-8,11-12H2,1-4H3. The zero-order valence-corrected chi connectivity index (χ0v) is 13.5. The minimum absolute atomic E-state index is 0.0518. The number of nitrogens with one attached hydrogen (secondary N) is 1. The number of nitrogens with zero attached hydrogens (tertiary/aromatic N) is 1. The van der Waals surface area contributed by atoms with Crippen LogP contribution in [-0.2, 0) is 11.3 Å². The molecule has 0 spiro atoms. The van der Waals surface area contributed by atoms with Gasteiger partial charge in [0.05, 0.1) is 0 Å². The lowest BCUT2D eigenvalue weighted by Gasteiger charge is -2.20. The lowest BCUT2D eigenvalue weighted by Crippen LogP contribution is -2.35. The van der Waals surface area contributed by atoms with Crippen molar-refractivity contribution in [1.82, 2.24) is 10.2 Å². The Morgan fingerprint density at radius 1 is 1.29 bits per heavy atom. The average molecular weight is 290 g/mol. The van der Waals surface area contributed by atoms with E-state index >= 15 is 0 Å². The molecule has 21 heavy (non-hydrogen) atoms. The maximum atomic E-state index is 11.9. The SMILES string of the molecule is CN(C(=O)COc1ccc(CNC(C)(C)C)cc1)C1CC1. The zero-order valence-electron chi connectivity index (χ0n) is 13.5. The van der Waals surface area contributed by atoms with Gasteiger partial charge in [-0.3, -0.25) is 4.79 Å². The Morgan fingerprint density at radius 3 is 2.43 bits per heavy atom. The molecular weight excluding hydrogens is 264 g/mol. The smallest absolute Gasteiger partial charge is 0.260 e. The number of hydrogen-bond acceptors (Lipinski definition) is 3. The summed E-state index contributed by atoms with van der Waals surface area (Å²) in [7, 11) is 1.85. The molecule has 1 aliphatic rings. The van der Waals surface area contributed by atoms with E-state index in [-0.39, 0.29) is 18.1 Å². The van der Waals surface area contributed by atoms with Gasteiger partial charge >= 0.3 is 0 Å². The van der Waals surface area contributed by atoms with Gasteiger partial charge in [0.2, 0.25) is 0 Å². The highest BCUT2D eigenvalue weighted by Gasteiger charge is 2.29. The second-order valence-electron chi connectivity index (χ2n) is 6.77. The van der Waals surface area contributed by atoms with Gasteiger partial charge in [-0.1, -0.05) is 12.1 Å². The largest absolute Gasteiger partial charge is 0.484 e. The van der Waals surface area contributed by atoms with Crippen LogP contribution in [0.25, 0.3) is 0 Å². The average Bonchev–Trinajstić information content (AvgIpc) is 3.26. The molecular formula is C17H26N2O2. The minimum Gasteiger partial charge on any atom is -0.484 e. The summed E-state index contributed by atoms with van der Waals surface area (Å²) in [6.07, 6.45) is 2.25. The van der Waals surface area contributed by atoms with Gasteiger partial charge in [0.15, 0.2) is 6.61 Å². The molecule has 0 saturated heterocycles. The number of ether oxygens (including phenoxy) is 1. The van der Waals surface area contributed by atoms with Crippen molar-refractivity contribution in [1.29, 1.82) is 0 Å². The molecule has 0 atom stereocenters. The first kappa shape index (κ1) is 15.8. The van der Waals surface area contributed by atoms with Crippen LogP contribution in [0.3, 0.4) is 0 Å². The molecule has 0 unspecified atom stereocenters. The molecule has 0 aromatic heterocycles. The predicted molar refractivity (Wildman–Crippen MR) is 84.3 cm³/mol. The molecule has 0 heterocycles. The fourth-order valence-electron chi connectivity index (χ4n) is 1.98. The molecule has 1 N–H and O–H groups in total. The quantitative estimate of drug-likeness (QED) is 0.875. The Balaban J connectivity index is 1.78. The normalized spacial score (nSPS) is 14.9. The summed E-state index contributed by atoms with van der Waals surface area (Å²) in [6, 6.07) is 8.34. The number of carbonyl (C=O) groups is 1. The number of amides is 1. The summed E-state index contributed by atoms with van der Waals surface area (Å²) < 4.78 is 5.56. The van der Waals surface area contributed by atoms with Crippen molar-refractivity contribution in [2.75, 3.05) is 13.7 Å². The summed E-state index contributed by atoms with van der Waals surface area (Å²) in [4.78, 5) is 13.7. The first-order valence-electron chi connectivity index (χ1n) is 7.57. The second-order valence-corrected chi connectivity index (χ2v) is 6.77. The van der Waals surface area contributed by atoms with Gasteiger partial charge in [-0.25, -0.2) is 0 Å². The van der Waals surface area contributed by atoms with E-state index in [1.54, 1.807) is 4.90 Å². The van der Waals surface area contributed by atoms with Gasteiger partial charge in [0.25, 0.3) is 5.91 Å². The van der Waals surface area contributed by atoms with Crippen LogP contribution in [0.15, 0.2) is 24.3 Å². The summed E-state index contributed by atoms with van der Waals surface area (Å²) >= 11 is 0. The molecule has 1 aromatic rings. The lowest BCUT2D eigenvalue weighted by atomic mass is 10.1. The highest BCUT2D eigenvalue weighted by atomic mass is 16.5. The van der Waals surface area contributed by atoms with E-state index in [4.69, 9.17) is 4.74 Å². The van der Waals surface area contributed by atoms with Crippen LogP contribution < -0.4 is 10.1 Å². The summed E-state index contributed by atoms with van der Waals surface area (Å²) in [6.45, 7) is 7.38. The van der Waals surface area contributed by atoms with Crippen molar-refractivity contribution in [3.05, 3.63) is 29.8 Å². The summed E-state index contributed by atoms with van der Waals surface area (Å²) in [5.74, 6) is 0.794. The zero-order chi connectivity index (χ0) is 15.5. The van der Waals surface area contributed by atoms with Crippen molar-refractivity contribution in [3.63, 3.8) is 0 Å². The predicted octanol–water partition coefficient (Wildman–Crippen LogP) is 2.57. The third kappa shape index (κ3) is 5.38. The Morgan fingerprint density at radius 2 is 1.90 bits per heavy atom. The van der Waals surface area contributed by atoms with Crippen LogP contribution in [0, 0.1) is 0 Å². The highest BCUT2D eigenvalue weighted by Crippen LogP contribution is 2.25. The van der Waals surface area contributed by atoms with Gasteiger partial charge in [0.1, 0.15) is 5.75 Å². The first-order chi connectivity index (χ1) is 9.85. The molecule has 4 heteroatoms. The van der Waals surface area contributed by atoms with E-state index in [9.17, 15) is 4.79 Å². The Kier molecular flexibility index (Phi) is 4.88. The van der Waals surface area contributed by atoms with Gasteiger partial charge in [0, 0.05) is 25.2 Å². The van der Waals surface area contributed by atoms with E-state index in [1.807, 2.05) is 31.3 Å². The van der Waals surface area contributed by atoms with E-state index in [1.165, 1.54) is 5.56 Å². The molecule has 4 nitrogen and oxygen atoms in total. The van der Waals surface area contributed by atoms with Gasteiger partial charge in [-0.15, -0.1) is 0 Å². The fraction of sp³-hybridized carbons (Fsp3) is 0.588. The number of rotatable bonds is 6. The third-order valence-corrected chi connectivity index (χ3v) is 3.60. The molecule has 1 fully saturated rings. The Labute approximate surface area is 127 Å². The molecule has 1 aromatic carbocycles. The fourth-order valence-corrected chi connectivity index (χ4v) is 1.98. The van der Waals surface area contributed by atoms with Gasteiger partial charge in [-0.2, -0.15) is 0 Å². The second kappa shape index (κ2) is 6.48. The number of likely N-dealkylation sites (N-methyl/N-ethyl adjacent to an activating group) is 1. The van der Waals surface area contributed by atoms with Crippen LogP contribution >= 0.6 is 0 Å². The Hall–Kier alpha value is -1.55. The van der Waals surface area contributed by atoms with Crippen LogP contribution in [0.5, 0.6) is 5.75 Å². The van der Waals surface area contributed by atoms with E-state index in [2.05, 4.69) is 26.1 Å². The van der Waals surface area contributed by atoms with E-state index in [0.29, 0.717) is 6.04 Å². The van der Waals surface area contributed by atoms with Crippen molar-refractivity contribution in [2.45, 2.75) is 51.7 Å². The molecule has 1 amide bonds. The van der Waals surface area contributed by atoms with Crippen molar-refractivity contribution in [3.8, 4) is 5.75 Å². The van der Waals surface area contributed by atoms with Crippen LogP contribution in [-0.4, -0.2) is 36.0 Å². The van der Waals surface area contributed by atoms with Crippen molar-refractivity contribution >= 4 is 5.91 Å². The Bertz CT molecular complexity index is 473. The molecule has 0 radical (unpaired) electrons. The molecule has 2 rings (SSSR count). The van der Waals surface area contributed by atoms with Gasteiger partial charge < -0.3 is 15.0 Å². The summed E-state index contributed by atoms with van der Waals surface area (Å²) in [5, 5.41) is 3.44. The van der Waals surface area contributed by atoms with E-state index in [0.717, 1.165) is 25.1 Å². The van der Waals surface area contributed by atoms with Crippen LogP contribution in [0.1, 0.15) is 39.2 Å². The van der Waals surface area contributed by atoms with Crippen LogP contribution in [0.4, 0.5) is 0 Å². The van der Waals surface area contributed by atoms with Crippen LogP contribution in [0.2, 0.25) is 0 Å². The molecule has 1 aliphatic carbocycles. The number of carbonyl (C=O) groups excluding carboxylic acids is 1. The monoisotopic (exact) mass is 290 g/mol. The number of hydrogen-bond donors (Lipinski definition) is 1. The van der Waals surface area contributed by atoms with Crippen molar-refractivity contribution < 1.29 is 9.53 Å². The topological polar surface area (TPSA) is 41.6 Å². The third-order valence-electron chi connectivity index (χ3n) is 3.60. The number of benzene rings is 1. The van der Waals surface area contributed by atoms with Crippen molar-refractivity contribution in [2.24, 2.45) is 0 Å².